The summed E-state index contributed by atoms with van der Waals surface area (Å²) in [7, 11) is 0. The monoisotopic (exact) mass is 348 g/mol. The van der Waals surface area contributed by atoms with Crippen LogP contribution in [0.2, 0.25) is 0 Å². The van der Waals surface area contributed by atoms with E-state index in [1.165, 1.54) is 23.9 Å². The highest BCUT2D eigenvalue weighted by Crippen LogP contribution is 2.05. The standard InChI is InChI=1S/C16H17FN4O2S/c1-4-23-15(22)13(9-18)10-19-16(24-3)21-20-11(2)12-5-7-14(17)8-6-12/h5-8,10H,4H2,1-3H3,(H,19,21)/b13-10+,20-11+. The second kappa shape index (κ2) is 10.2. The highest BCUT2D eigenvalue weighted by Gasteiger charge is 2.09. The number of amidine groups is 1. The Morgan fingerprint density at radius 1 is 1.46 bits per heavy atom. The molecule has 1 aromatic carbocycles. The van der Waals surface area contributed by atoms with Crippen molar-refractivity contribution in [1.29, 1.82) is 5.26 Å². The Hall–Kier alpha value is -2.66. The molecular formula is C16H17FN4O2S. The van der Waals surface area contributed by atoms with Gasteiger partial charge in [-0.1, -0.05) is 23.9 Å². The van der Waals surface area contributed by atoms with Gasteiger partial charge >= 0.3 is 5.97 Å². The molecule has 0 saturated heterocycles. The summed E-state index contributed by atoms with van der Waals surface area (Å²) in [6, 6.07) is 7.65. The van der Waals surface area contributed by atoms with E-state index < -0.39 is 5.97 Å². The van der Waals surface area contributed by atoms with E-state index in [4.69, 9.17) is 10.00 Å². The minimum atomic E-state index is -0.727. The maximum Gasteiger partial charge on any atom is 0.350 e. The molecule has 0 amide bonds. The number of benzene rings is 1. The molecule has 0 heterocycles. The molecule has 0 radical (unpaired) electrons. The minimum absolute atomic E-state index is 0.177. The summed E-state index contributed by atoms with van der Waals surface area (Å²) in [4.78, 5) is 15.5. The van der Waals surface area contributed by atoms with E-state index in [0.717, 1.165) is 11.8 Å². The van der Waals surface area contributed by atoms with Gasteiger partial charge in [0, 0.05) is 0 Å². The van der Waals surface area contributed by atoms with Crippen molar-refractivity contribution in [3.63, 3.8) is 0 Å². The normalized spacial score (nSPS) is 12.5. The number of aliphatic imine (C=N–C) groups is 1. The third-order valence-electron chi connectivity index (χ3n) is 2.70. The predicted octanol–water partition coefficient (Wildman–Crippen LogP) is 2.83. The minimum Gasteiger partial charge on any atom is -0.462 e. The van der Waals surface area contributed by atoms with Crippen molar-refractivity contribution in [2.24, 2.45) is 10.1 Å². The summed E-state index contributed by atoms with van der Waals surface area (Å²) in [6.07, 6.45) is 2.89. The highest BCUT2D eigenvalue weighted by molar-refractivity contribution is 8.13. The van der Waals surface area contributed by atoms with Gasteiger partial charge in [0.05, 0.1) is 18.5 Å². The largest absolute Gasteiger partial charge is 0.462 e. The average molecular weight is 348 g/mol. The van der Waals surface area contributed by atoms with Gasteiger partial charge in [0.15, 0.2) is 10.7 Å². The van der Waals surface area contributed by atoms with Crippen LogP contribution in [0.5, 0.6) is 0 Å². The Morgan fingerprint density at radius 2 is 2.12 bits per heavy atom. The third kappa shape index (κ3) is 6.22. The summed E-state index contributed by atoms with van der Waals surface area (Å²) in [5.74, 6) is -1.05. The molecule has 1 rings (SSSR count). The van der Waals surface area contributed by atoms with Gasteiger partial charge in [-0.3, -0.25) is 5.43 Å². The second-order valence-electron chi connectivity index (χ2n) is 4.33. The van der Waals surface area contributed by atoms with Crippen molar-refractivity contribution >= 4 is 28.6 Å². The van der Waals surface area contributed by atoms with Crippen LogP contribution in [0.3, 0.4) is 0 Å². The Bertz CT molecular complexity index is 706. The Morgan fingerprint density at radius 3 is 2.67 bits per heavy atom. The molecule has 6 nitrogen and oxygen atoms in total. The molecular weight excluding hydrogens is 331 g/mol. The lowest BCUT2D eigenvalue weighted by Gasteiger charge is -2.04. The Balaban J connectivity index is 2.86. The van der Waals surface area contributed by atoms with Crippen molar-refractivity contribution in [2.75, 3.05) is 12.9 Å². The molecule has 0 aliphatic rings. The number of nitrogens with zero attached hydrogens (tertiary/aromatic N) is 3. The zero-order chi connectivity index (χ0) is 17.9. The number of nitriles is 1. The van der Waals surface area contributed by atoms with E-state index in [-0.39, 0.29) is 18.0 Å². The first-order valence-electron chi connectivity index (χ1n) is 6.97. The smallest absolute Gasteiger partial charge is 0.350 e. The van der Waals surface area contributed by atoms with Crippen LogP contribution in [0.1, 0.15) is 19.4 Å². The first kappa shape index (κ1) is 19.4. The lowest BCUT2D eigenvalue weighted by Crippen LogP contribution is -2.16. The van der Waals surface area contributed by atoms with Gasteiger partial charge in [-0.15, -0.1) is 0 Å². The molecule has 0 aromatic heterocycles. The van der Waals surface area contributed by atoms with Crippen molar-refractivity contribution in [2.45, 2.75) is 13.8 Å². The van der Waals surface area contributed by atoms with Gasteiger partial charge in [0.2, 0.25) is 0 Å². The molecule has 0 aliphatic heterocycles. The Kier molecular flexibility index (Phi) is 8.22. The maximum absolute atomic E-state index is 12.9. The number of halogens is 1. The summed E-state index contributed by atoms with van der Waals surface area (Å²) in [6.45, 7) is 3.59. The van der Waals surface area contributed by atoms with E-state index in [2.05, 4.69) is 15.5 Å². The third-order valence-corrected chi connectivity index (χ3v) is 3.28. The maximum atomic E-state index is 12.9. The van der Waals surface area contributed by atoms with Gasteiger partial charge in [0.25, 0.3) is 0 Å². The van der Waals surface area contributed by atoms with E-state index >= 15 is 0 Å². The number of carbonyl (C=O) groups is 1. The highest BCUT2D eigenvalue weighted by atomic mass is 32.2. The number of carbonyl (C=O) groups excluding carboxylic acids is 1. The van der Waals surface area contributed by atoms with Gasteiger partial charge < -0.3 is 4.74 Å². The fourth-order valence-corrected chi connectivity index (χ4v) is 1.77. The van der Waals surface area contributed by atoms with Crippen molar-refractivity contribution in [1.82, 2.24) is 5.43 Å². The van der Waals surface area contributed by atoms with Crippen molar-refractivity contribution < 1.29 is 13.9 Å². The zero-order valence-corrected chi connectivity index (χ0v) is 14.4. The van der Waals surface area contributed by atoms with Gasteiger partial charge in [-0.05, 0) is 37.8 Å². The van der Waals surface area contributed by atoms with Gasteiger partial charge in [0.1, 0.15) is 11.9 Å². The number of ether oxygens (including phenoxy) is 1. The topological polar surface area (TPSA) is 86.8 Å². The van der Waals surface area contributed by atoms with Crippen molar-refractivity contribution in [3.8, 4) is 6.07 Å². The molecule has 0 spiro atoms. The molecule has 0 fully saturated rings. The fourth-order valence-electron chi connectivity index (χ4n) is 1.47. The van der Waals surface area contributed by atoms with Crippen LogP contribution in [0.25, 0.3) is 0 Å². The van der Waals surface area contributed by atoms with Crippen LogP contribution < -0.4 is 5.43 Å². The van der Waals surface area contributed by atoms with Crippen LogP contribution in [-0.4, -0.2) is 29.7 Å². The van der Waals surface area contributed by atoms with E-state index in [0.29, 0.717) is 10.9 Å². The molecule has 0 bridgehead atoms. The summed E-state index contributed by atoms with van der Waals surface area (Å²) in [5, 5.41) is 13.5. The average Bonchev–Trinajstić information content (AvgIpc) is 2.58. The molecule has 1 aromatic rings. The van der Waals surface area contributed by atoms with Gasteiger partial charge in [-0.2, -0.15) is 10.4 Å². The summed E-state index contributed by atoms with van der Waals surface area (Å²) in [5.41, 5.74) is 3.91. The van der Waals surface area contributed by atoms with Crippen LogP contribution in [0, 0.1) is 17.1 Å². The van der Waals surface area contributed by atoms with E-state index in [9.17, 15) is 9.18 Å². The lowest BCUT2D eigenvalue weighted by atomic mass is 10.1. The van der Waals surface area contributed by atoms with Crippen LogP contribution in [0.15, 0.2) is 46.1 Å². The molecule has 126 valence electrons. The Labute approximate surface area is 144 Å². The first-order chi connectivity index (χ1) is 11.5. The number of thioether (sulfide) groups is 1. The molecule has 0 atom stereocenters. The van der Waals surface area contributed by atoms with E-state index in [1.807, 2.05) is 0 Å². The van der Waals surface area contributed by atoms with Crippen LogP contribution in [0.4, 0.5) is 4.39 Å². The summed E-state index contributed by atoms with van der Waals surface area (Å²) >= 11 is 1.25. The van der Waals surface area contributed by atoms with Crippen molar-refractivity contribution in [3.05, 3.63) is 47.4 Å². The van der Waals surface area contributed by atoms with Gasteiger partial charge in [-0.25, -0.2) is 14.2 Å². The number of hydrogen-bond acceptors (Lipinski definition) is 6. The number of hydrazone groups is 1. The lowest BCUT2D eigenvalue weighted by molar-refractivity contribution is -0.138. The first-order valence-corrected chi connectivity index (χ1v) is 8.19. The van der Waals surface area contributed by atoms with Crippen LogP contribution in [-0.2, 0) is 9.53 Å². The molecule has 24 heavy (non-hydrogen) atoms. The number of esters is 1. The summed E-state index contributed by atoms with van der Waals surface area (Å²) < 4.78 is 17.6. The van der Waals surface area contributed by atoms with Crippen LogP contribution >= 0.6 is 11.8 Å². The number of hydrogen-bond donors (Lipinski definition) is 1. The quantitative estimate of drug-likeness (QED) is 0.221. The molecule has 0 saturated carbocycles. The second-order valence-corrected chi connectivity index (χ2v) is 5.12. The SMILES string of the molecule is CCOC(=O)/C(C#N)=C/N=C(N/N=C(\C)c1ccc(F)cc1)SC. The zero-order valence-electron chi connectivity index (χ0n) is 13.5. The molecule has 0 aliphatic carbocycles. The molecule has 0 unspecified atom stereocenters. The fraction of sp³-hybridized carbons (Fsp3) is 0.250. The predicted molar refractivity (Wildman–Crippen MR) is 93.0 cm³/mol. The molecule has 8 heteroatoms. The van der Waals surface area contributed by atoms with E-state index in [1.54, 1.807) is 38.3 Å². The molecule has 1 N–H and O–H groups in total. The number of rotatable bonds is 5. The number of nitrogens with one attached hydrogen (secondary N) is 1.